The molecule has 2 heterocycles. The third-order valence-corrected chi connectivity index (χ3v) is 5.35. The Balaban J connectivity index is 1.76. The van der Waals surface area contributed by atoms with Crippen LogP contribution in [0.15, 0.2) is 36.8 Å². The number of hydrogen-bond acceptors (Lipinski definition) is 8. The zero-order chi connectivity index (χ0) is 22.6. The highest BCUT2D eigenvalue weighted by atomic mass is 19.4. The van der Waals surface area contributed by atoms with E-state index in [0.717, 1.165) is 23.9 Å². The number of aromatic nitrogens is 2. The third-order valence-electron chi connectivity index (χ3n) is 5.35. The van der Waals surface area contributed by atoms with Crippen LogP contribution in [-0.2, 0) is 11.0 Å². The van der Waals surface area contributed by atoms with Crippen molar-refractivity contribution in [1.29, 1.82) is 0 Å². The summed E-state index contributed by atoms with van der Waals surface area (Å²) in [6.07, 6.45) is -1.29. The Bertz CT molecular complexity index is 939. The van der Waals surface area contributed by atoms with Gasteiger partial charge in [-0.1, -0.05) is 12.1 Å². The molecule has 1 atom stereocenters. The molecule has 166 valence electrons. The van der Waals surface area contributed by atoms with Crippen LogP contribution >= 0.6 is 0 Å². The number of allylic oxidation sites excluding steroid dienone is 1. The van der Waals surface area contributed by atoms with Crippen molar-refractivity contribution in [3.05, 3.63) is 53.5 Å². The smallest absolute Gasteiger partial charge is 0.404 e. The van der Waals surface area contributed by atoms with Crippen LogP contribution in [0.5, 0.6) is 0 Å². The second kappa shape index (κ2) is 9.31. The fourth-order valence-corrected chi connectivity index (χ4v) is 3.72. The molecule has 0 aliphatic carbocycles. The lowest BCUT2D eigenvalue weighted by atomic mass is 10.0. The van der Waals surface area contributed by atoms with Gasteiger partial charge in [0, 0.05) is 50.5 Å². The number of alkyl halides is 3. The van der Waals surface area contributed by atoms with E-state index >= 15 is 0 Å². The molecule has 0 bridgehead atoms. The van der Waals surface area contributed by atoms with Crippen LogP contribution < -0.4 is 22.1 Å². The van der Waals surface area contributed by atoms with Crippen LogP contribution in [0.3, 0.4) is 0 Å². The lowest BCUT2D eigenvalue weighted by molar-refractivity contribution is -0.137. The first-order valence-electron chi connectivity index (χ1n) is 9.64. The van der Waals surface area contributed by atoms with Gasteiger partial charge in [0.05, 0.1) is 11.1 Å². The number of aldehydes is 1. The molecular weight excluding hydrogens is 411 g/mol. The normalized spacial score (nSPS) is 16.9. The summed E-state index contributed by atoms with van der Waals surface area (Å²) < 4.78 is 38.5. The summed E-state index contributed by atoms with van der Waals surface area (Å²) in [5.41, 5.74) is 18.1. The van der Waals surface area contributed by atoms with Gasteiger partial charge in [-0.05, 0) is 17.7 Å². The third kappa shape index (κ3) is 4.78. The standard InChI is InChI=1S/C20H24F3N7O/c21-20(22,23)15-3-1-13(2-4-15)16(10-25)29-5-7-30(8-6-29)19-17(14(9-24)11-31)18(26)27-12-28-19/h1-4,9,11-12,16H,5-8,10,24-25H2,(H2,26,27,28). The summed E-state index contributed by atoms with van der Waals surface area (Å²) in [4.78, 5) is 23.7. The van der Waals surface area contributed by atoms with E-state index in [1.165, 1.54) is 18.5 Å². The maximum Gasteiger partial charge on any atom is 0.416 e. The minimum absolute atomic E-state index is 0.154. The van der Waals surface area contributed by atoms with Gasteiger partial charge in [0.25, 0.3) is 0 Å². The van der Waals surface area contributed by atoms with Gasteiger partial charge in [-0.2, -0.15) is 13.2 Å². The molecule has 0 saturated carbocycles. The highest BCUT2D eigenvalue weighted by Gasteiger charge is 2.31. The highest BCUT2D eigenvalue weighted by molar-refractivity contribution is 6.10. The second-order valence-corrected chi connectivity index (χ2v) is 7.09. The molecule has 8 nitrogen and oxygen atoms in total. The van der Waals surface area contributed by atoms with Crippen LogP contribution in [-0.4, -0.2) is 53.9 Å². The van der Waals surface area contributed by atoms with E-state index in [1.807, 2.05) is 4.90 Å². The Morgan fingerprint density at radius 2 is 1.77 bits per heavy atom. The first-order valence-corrected chi connectivity index (χ1v) is 9.64. The molecule has 0 amide bonds. The van der Waals surface area contributed by atoms with E-state index in [-0.39, 0.29) is 24.0 Å². The Morgan fingerprint density at radius 3 is 2.29 bits per heavy atom. The molecule has 6 N–H and O–H groups in total. The molecule has 1 saturated heterocycles. The van der Waals surface area contributed by atoms with Gasteiger partial charge in [-0.25, -0.2) is 9.97 Å². The predicted octanol–water partition coefficient (Wildman–Crippen LogP) is 1.40. The average Bonchev–Trinajstić information content (AvgIpc) is 2.76. The van der Waals surface area contributed by atoms with Gasteiger partial charge in [0.2, 0.25) is 0 Å². The largest absolute Gasteiger partial charge is 0.416 e. The van der Waals surface area contributed by atoms with Gasteiger partial charge in [0.15, 0.2) is 6.29 Å². The molecule has 1 aliphatic heterocycles. The van der Waals surface area contributed by atoms with Crippen molar-refractivity contribution in [3.8, 4) is 0 Å². The zero-order valence-corrected chi connectivity index (χ0v) is 16.7. The average molecular weight is 435 g/mol. The molecule has 0 radical (unpaired) electrons. The van der Waals surface area contributed by atoms with Crippen molar-refractivity contribution < 1.29 is 18.0 Å². The number of benzene rings is 1. The molecule has 31 heavy (non-hydrogen) atoms. The molecule has 3 rings (SSSR count). The van der Waals surface area contributed by atoms with E-state index in [9.17, 15) is 18.0 Å². The summed E-state index contributed by atoms with van der Waals surface area (Å²) in [7, 11) is 0. The van der Waals surface area contributed by atoms with E-state index in [1.54, 1.807) is 0 Å². The van der Waals surface area contributed by atoms with Crippen LogP contribution in [0.4, 0.5) is 24.8 Å². The second-order valence-electron chi connectivity index (χ2n) is 7.09. The number of carbonyl (C=O) groups is 1. The van der Waals surface area contributed by atoms with E-state index in [0.29, 0.717) is 43.8 Å². The summed E-state index contributed by atoms with van der Waals surface area (Å²) >= 11 is 0. The van der Waals surface area contributed by atoms with Crippen molar-refractivity contribution in [2.75, 3.05) is 43.4 Å². The van der Waals surface area contributed by atoms with E-state index < -0.39 is 11.7 Å². The number of rotatable bonds is 6. The molecule has 11 heteroatoms. The maximum atomic E-state index is 12.8. The Morgan fingerprint density at radius 1 is 1.13 bits per heavy atom. The molecule has 0 spiro atoms. The number of hydrogen-bond donors (Lipinski definition) is 3. The number of nitrogens with zero attached hydrogens (tertiary/aromatic N) is 4. The molecule has 1 aromatic carbocycles. The van der Waals surface area contributed by atoms with Crippen molar-refractivity contribution in [3.63, 3.8) is 0 Å². The zero-order valence-electron chi connectivity index (χ0n) is 16.7. The van der Waals surface area contributed by atoms with Crippen molar-refractivity contribution in [2.45, 2.75) is 12.2 Å². The lowest BCUT2D eigenvalue weighted by Crippen LogP contribution is -2.49. The number of piperazine rings is 1. The van der Waals surface area contributed by atoms with E-state index in [2.05, 4.69) is 14.9 Å². The van der Waals surface area contributed by atoms with Gasteiger partial charge in [-0.3, -0.25) is 9.69 Å². The maximum absolute atomic E-state index is 12.8. The minimum Gasteiger partial charge on any atom is -0.404 e. The summed E-state index contributed by atoms with van der Waals surface area (Å²) in [5, 5.41) is 0. The van der Waals surface area contributed by atoms with Crippen molar-refractivity contribution in [2.24, 2.45) is 11.5 Å². The highest BCUT2D eigenvalue weighted by Crippen LogP contribution is 2.32. The van der Waals surface area contributed by atoms with Gasteiger partial charge in [-0.15, -0.1) is 0 Å². The number of nitrogens with two attached hydrogens (primary N) is 3. The molecule has 1 unspecified atom stereocenters. The molecular formula is C20H24F3N7O. The van der Waals surface area contributed by atoms with Crippen LogP contribution in [0.1, 0.15) is 22.7 Å². The SMILES string of the molecule is NC=C(C=O)c1c(N)ncnc1N1CCN(C(CN)c2ccc(C(F)(F)F)cc2)CC1. The van der Waals surface area contributed by atoms with Crippen LogP contribution in [0, 0.1) is 0 Å². The van der Waals surface area contributed by atoms with Crippen molar-refractivity contribution in [1.82, 2.24) is 14.9 Å². The first kappa shape index (κ1) is 22.5. The number of carbonyl (C=O) groups excluding carboxylic acids is 1. The number of halogens is 3. The predicted molar refractivity (Wildman–Crippen MR) is 112 cm³/mol. The first-order chi connectivity index (χ1) is 14.8. The quantitative estimate of drug-likeness (QED) is 0.459. The number of anilines is 2. The Kier molecular flexibility index (Phi) is 6.76. The lowest BCUT2D eigenvalue weighted by Gasteiger charge is -2.40. The van der Waals surface area contributed by atoms with Crippen LogP contribution in [0.25, 0.3) is 5.57 Å². The van der Waals surface area contributed by atoms with Gasteiger partial charge >= 0.3 is 6.18 Å². The van der Waals surface area contributed by atoms with Crippen molar-refractivity contribution >= 4 is 23.5 Å². The monoisotopic (exact) mass is 435 g/mol. The summed E-state index contributed by atoms with van der Waals surface area (Å²) in [5.74, 6) is 0.663. The minimum atomic E-state index is -4.38. The fourth-order valence-electron chi connectivity index (χ4n) is 3.72. The molecule has 2 aromatic rings. The molecule has 1 fully saturated rings. The number of nitrogen functional groups attached to an aromatic ring is 1. The molecule has 1 aromatic heterocycles. The summed E-state index contributed by atoms with van der Waals surface area (Å²) in [6, 6.07) is 4.87. The fraction of sp³-hybridized carbons (Fsp3) is 0.350. The Hall–Kier alpha value is -3.18. The van der Waals surface area contributed by atoms with Crippen LogP contribution in [0.2, 0.25) is 0 Å². The van der Waals surface area contributed by atoms with E-state index in [4.69, 9.17) is 17.2 Å². The molecule has 1 aliphatic rings. The van der Waals surface area contributed by atoms with Gasteiger partial charge in [0.1, 0.15) is 18.0 Å². The Labute approximate surface area is 177 Å². The van der Waals surface area contributed by atoms with Gasteiger partial charge < -0.3 is 22.1 Å². The topological polar surface area (TPSA) is 127 Å². The summed E-state index contributed by atoms with van der Waals surface area (Å²) in [6.45, 7) is 2.56.